The van der Waals surface area contributed by atoms with Gasteiger partial charge in [0.25, 0.3) is 5.91 Å². The van der Waals surface area contributed by atoms with Gasteiger partial charge in [-0.15, -0.1) is 0 Å². The van der Waals surface area contributed by atoms with Crippen molar-refractivity contribution in [2.45, 2.75) is 57.5 Å². The summed E-state index contributed by atoms with van der Waals surface area (Å²) in [5.41, 5.74) is 1.18. The van der Waals surface area contributed by atoms with Crippen molar-refractivity contribution in [2.24, 2.45) is 0 Å². The molecule has 2 aromatic rings. The zero-order valence-electron chi connectivity index (χ0n) is 20.4. The summed E-state index contributed by atoms with van der Waals surface area (Å²) in [4.78, 5) is 34.4. The molecule has 190 valence electrons. The van der Waals surface area contributed by atoms with Gasteiger partial charge in [0.2, 0.25) is 0 Å². The van der Waals surface area contributed by atoms with Crippen molar-refractivity contribution in [1.82, 2.24) is 15.3 Å². The Kier molecular flexibility index (Phi) is 8.17. The Morgan fingerprint density at radius 1 is 1.29 bits per heavy atom. The average Bonchev–Trinajstić information content (AvgIpc) is 2.76. The van der Waals surface area contributed by atoms with Crippen LogP contribution in [-0.2, 0) is 4.43 Å². The predicted octanol–water partition coefficient (Wildman–Crippen LogP) is 4.87. The van der Waals surface area contributed by atoms with Crippen LogP contribution >= 0.6 is 15.9 Å². The zero-order valence-corrected chi connectivity index (χ0v) is 23.0. The van der Waals surface area contributed by atoms with Crippen LogP contribution < -0.4 is 15.5 Å². The van der Waals surface area contributed by atoms with Gasteiger partial charge in [0, 0.05) is 19.3 Å². The average molecular weight is 569 g/mol. The molecule has 1 aliphatic heterocycles. The fraction of sp³-hybridized carbons (Fsp3) is 0.478. The summed E-state index contributed by atoms with van der Waals surface area (Å²) in [5.74, 6) is -1.08. The number of hydrogen-bond donors (Lipinski definition) is 3. The third-order valence-corrected chi connectivity index (χ3v) is 11.6. The van der Waals surface area contributed by atoms with Crippen LogP contribution in [0.4, 0.5) is 20.6 Å². The molecule has 12 heteroatoms. The molecule has 2 amide bonds. The number of carbonyl (C=O) groups is 2. The molecule has 0 aromatic carbocycles. The second kappa shape index (κ2) is 10.6. The molecule has 3 N–H and O–H groups in total. The number of aromatic nitrogens is 2. The Bertz CT molecular complexity index is 1100. The minimum absolute atomic E-state index is 0.0101. The van der Waals surface area contributed by atoms with Gasteiger partial charge in [-0.2, -0.15) is 0 Å². The molecule has 1 aliphatic rings. The summed E-state index contributed by atoms with van der Waals surface area (Å²) in [6.45, 7) is 11.7. The monoisotopic (exact) mass is 567 g/mol. The summed E-state index contributed by atoms with van der Waals surface area (Å²) in [6.07, 6.45) is 2.36. The second-order valence-corrected chi connectivity index (χ2v) is 15.5. The molecule has 0 aliphatic carbocycles. The molecular weight excluding hydrogens is 537 g/mol. The number of piperidine rings is 1. The van der Waals surface area contributed by atoms with Crippen LogP contribution in [0.25, 0.3) is 0 Å². The lowest BCUT2D eigenvalue weighted by Gasteiger charge is -2.45. The molecule has 0 unspecified atom stereocenters. The molecule has 3 rings (SSSR count). The number of hydrogen-bond acceptors (Lipinski definition) is 6. The molecule has 3 heterocycles. The molecular formula is C23H31BrFN5O4Si. The van der Waals surface area contributed by atoms with Crippen molar-refractivity contribution >= 4 is 47.6 Å². The van der Waals surface area contributed by atoms with Crippen LogP contribution in [0.3, 0.4) is 0 Å². The molecule has 35 heavy (non-hydrogen) atoms. The fourth-order valence-corrected chi connectivity index (χ4v) is 5.35. The number of amides is 2. The topological polar surface area (TPSA) is 117 Å². The lowest BCUT2D eigenvalue weighted by Crippen LogP contribution is -2.59. The molecule has 2 atom stereocenters. The number of carboxylic acid groups (broad SMARTS) is 1. The molecule has 0 radical (unpaired) electrons. The number of halogens is 2. The summed E-state index contributed by atoms with van der Waals surface area (Å²) in [5, 5.41) is 14.9. The Labute approximate surface area is 213 Å². The van der Waals surface area contributed by atoms with E-state index >= 15 is 0 Å². The first-order valence-electron chi connectivity index (χ1n) is 11.3. The van der Waals surface area contributed by atoms with E-state index in [1.165, 1.54) is 12.3 Å². The first-order valence-corrected chi connectivity index (χ1v) is 15.0. The van der Waals surface area contributed by atoms with Crippen LogP contribution in [0.15, 0.2) is 35.2 Å². The van der Waals surface area contributed by atoms with Gasteiger partial charge < -0.3 is 25.1 Å². The van der Waals surface area contributed by atoms with Gasteiger partial charge in [-0.25, -0.2) is 14.2 Å². The van der Waals surface area contributed by atoms with Crippen molar-refractivity contribution in [2.75, 3.05) is 23.3 Å². The van der Waals surface area contributed by atoms with Gasteiger partial charge in [-0.1, -0.05) is 20.8 Å². The molecule has 1 saturated heterocycles. The minimum Gasteiger partial charge on any atom is -0.465 e. The summed E-state index contributed by atoms with van der Waals surface area (Å²) in [6, 6.07) is 3.76. The number of pyridine rings is 2. The van der Waals surface area contributed by atoms with Crippen molar-refractivity contribution in [1.29, 1.82) is 0 Å². The highest BCUT2D eigenvalue weighted by atomic mass is 79.9. The number of rotatable bonds is 6. The van der Waals surface area contributed by atoms with Gasteiger partial charge in [-0.05, 0) is 58.7 Å². The van der Waals surface area contributed by atoms with Crippen LogP contribution in [0.1, 0.15) is 37.7 Å². The van der Waals surface area contributed by atoms with E-state index in [-0.39, 0.29) is 21.4 Å². The Balaban J connectivity index is 1.81. The Morgan fingerprint density at radius 2 is 2.00 bits per heavy atom. The van der Waals surface area contributed by atoms with E-state index in [2.05, 4.69) is 70.4 Å². The zero-order chi connectivity index (χ0) is 26.0. The maximum atomic E-state index is 13.5. The van der Waals surface area contributed by atoms with Crippen molar-refractivity contribution in [3.8, 4) is 0 Å². The van der Waals surface area contributed by atoms with E-state index in [0.29, 0.717) is 30.9 Å². The third kappa shape index (κ3) is 6.56. The van der Waals surface area contributed by atoms with E-state index in [1.54, 1.807) is 12.3 Å². The largest absolute Gasteiger partial charge is 0.465 e. The quantitative estimate of drug-likeness (QED) is 0.337. The summed E-state index contributed by atoms with van der Waals surface area (Å²) >= 11 is 2.99. The van der Waals surface area contributed by atoms with Gasteiger partial charge in [0.1, 0.15) is 10.3 Å². The van der Waals surface area contributed by atoms with E-state index in [4.69, 9.17) is 4.43 Å². The number of nitrogens with one attached hydrogen (secondary N) is 2. The van der Waals surface area contributed by atoms with Crippen LogP contribution in [0.5, 0.6) is 0 Å². The lowest BCUT2D eigenvalue weighted by molar-refractivity contribution is 0.102. The SMILES string of the molecule is CC(C)(C)[Si](C)(C)O[C@@H]1CCN(c2ccncc2NC(=O)c2ccc(F)c(Br)n2)C[C@H]1NC(=O)O. The second-order valence-electron chi connectivity index (χ2n) is 10.0. The van der Waals surface area contributed by atoms with Crippen LogP contribution in [0, 0.1) is 5.82 Å². The smallest absolute Gasteiger partial charge is 0.405 e. The normalized spacial score (nSPS) is 18.8. The van der Waals surface area contributed by atoms with E-state index in [9.17, 15) is 19.1 Å². The van der Waals surface area contributed by atoms with Crippen LogP contribution in [-0.4, -0.2) is 60.6 Å². The number of nitrogens with zero attached hydrogens (tertiary/aromatic N) is 3. The first-order chi connectivity index (χ1) is 16.3. The molecule has 0 saturated carbocycles. The van der Waals surface area contributed by atoms with Gasteiger partial charge in [0.05, 0.1) is 29.7 Å². The van der Waals surface area contributed by atoms with E-state index in [0.717, 1.165) is 6.07 Å². The molecule has 1 fully saturated rings. The summed E-state index contributed by atoms with van der Waals surface area (Å²) in [7, 11) is -2.12. The van der Waals surface area contributed by atoms with Crippen molar-refractivity contribution in [3.05, 3.63) is 46.7 Å². The third-order valence-electron chi connectivity index (χ3n) is 6.53. The predicted molar refractivity (Wildman–Crippen MR) is 138 cm³/mol. The van der Waals surface area contributed by atoms with Gasteiger partial charge >= 0.3 is 6.09 Å². The van der Waals surface area contributed by atoms with E-state index < -0.39 is 32.2 Å². The molecule has 0 bridgehead atoms. The maximum absolute atomic E-state index is 13.5. The lowest BCUT2D eigenvalue weighted by atomic mass is 10.0. The number of carbonyl (C=O) groups excluding carboxylic acids is 1. The number of anilines is 2. The highest BCUT2D eigenvalue weighted by Gasteiger charge is 2.42. The van der Waals surface area contributed by atoms with Crippen LogP contribution in [0.2, 0.25) is 18.1 Å². The van der Waals surface area contributed by atoms with E-state index in [1.807, 2.05) is 4.90 Å². The molecule has 9 nitrogen and oxygen atoms in total. The Morgan fingerprint density at radius 3 is 2.63 bits per heavy atom. The standard InChI is InChI=1S/C23H31BrFN5O4Si/c1-23(2,3)35(4,5)34-19-9-11-30(13-17(19)29-22(32)33)18-8-10-26-12-16(18)28-21(31)15-7-6-14(25)20(24)27-15/h6-8,10,12,17,19,29H,9,11,13H2,1-5H3,(H,28,31)(H,32,33)/t17-,19-/m1/s1. The van der Waals surface area contributed by atoms with Crippen molar-refractivity contribution < 1.29 is 23.5 Å². The Hall–Kier alpha value is -2.57. The fourth-order valence-electron chi connectivity index (χ4n) is 3.63. The summed E-state index contributed by atoms with van der Waals surface area (Å²) < 4.78 is 20.0. The van der Waals surface area contributed by atoms with Gasteiger partial charge in [0.15, 0.2) is 14.1 Å². The molecule has 2 aromatic heterocycles. The van der Waals surface area contributed by atoms with Gasteiger partial charge in [-0.3, -0.25) is 9.78 Å². The highest BCUT2D eigenvalue weighted by molar-refractivity contribution is 9.10. The minimum atomic E-state index is -2.12. The van der Waals surface area contributed by atoms with Crippen molar-refractivity contribution in [3.63, 3.8) is 0 Å². The maximum Gasteiger partial charge on any atom is 0.405 e. The first kappa shape index (κ1) is 27.0. The highest BCUT2D eigenvalue weighted by Crippen LogP contribution is 2.39. The molecule has 0 spiro atoms.